The Bertz CT molecular complexity index is 502. The summed E-state index contributed by atoms with van der Waals surface area (Å²) in [5, 5.41) is 3.02. The first kappa shape index (κ1) is 14.7. The number of rotatable bonds is 6. The standard InChI is InChI=1S/C11H20N4O2S/c1-5-9-10(12-2)13-8-14-11(9)15(3)6-7-18(4,16)17/h8H,5-7H2,1-4H3,(H,12,13,14). The third kappa shape index (κ3) is 3.83. The average molecular weight is 272 g/mol. The van der Waals surface area contributed by atoms with Gasteiger partial charge in [-0.15, -0.1) is 0 Å². The largest absolute Gasteiger partial charge is 0.373 e. The van der Waals surface area contributed by atoms with Gasteiger partial charge in [0.25, 0.3) is 0 Å². The molecular weight excluding hydrogens is 252 g/mol. The van der Waals surface area contributed by atoms with Crippen LogP contribution in [-0.2, 0) is 16.3 Å². The Hall–Kier alpha value is -1.37. The second-order valence-corrected chi connectivity index (χ2v) is 6.44. The molecule has 0 radical (unpaired) electrons. The summed E-state index contributed by atoms with van der Waals surface area (Å²) in [6, 6.07) is 0. The molecule has 102 valence electrons. The predicted molar refractivity (Wildman–Crippen MR) is 73.9 cm³/mol. The highest BCUT2D eigenvalue weighted by Crippen LogP contribution is 2.22. The molecule has 6 nitrogen and oxygen atoms in total. The zero-order valence-corrected chi connectivity index (χ0v) is 12.1. The molecule has 1 rings (SSSR count). The van der Waals surface area contributed by atoms with Gasteiger partial charge in [-0.2, -0.15) is 0 Å². The molecule has 1 N–H and O–H groups in total. The van der Waals surface area contributed by atoms with E-state index >= 15 is 0 Å². The van der Waals surface area contributed by atoms with E-state index in [9.17, 15) is 8.42 Å². The monoisotopic (exact) mass is 272 g/mol. The number of aromatic nitrogens is 2. The fourth-order valence-electron chi connectivity index (χ4n) is 1.68. The van der Waals surface area contributed by atoms with E-state index < -0.39 is 9.84 Å². The van der Waals surface area contributed by atoms with Crippen LogP contribution in [0.15, 0.2) is 6.33 Å². The lowest BCUT2D eigenvalue weighted by molar-refractivity contribution is 0.601. The molecule has 0 aliphatic carbocycles. The molecule has 0 spiro atoms. The third-order valence-corrected chi connectivity index (χ3v) is 3.60. The number of hydrogen-bond donors (Lipinski definition) is 1. The number of anilines is 2. The van der Waals surface area contributed by atoms with Gasteiger partial charge in [0.2, 0.25) is 0 Å². The van der Waals surface area contributed by atoms with Crippen molar-refractivity contribution in [1.29, 1.82) is 0 Å². The highest BCUT2D eigenvalue weighted by Gasteiger charge is 2.14. The summed E-state index contributed by atoms with van der Waals surface area (Å²) in [7, 11) is 0.684. The summed E-state index contributed by atoms with van der Waals surface area (Å²) >= 11 is 0. The van der Waals surface area contributed by atoms with E-state index in [0.717, 1.165) is 23.6 Å². The molecule has 1 aromatic rings. The summed E-state index contributed by atoms with van der Waals surface area (Å²) in [5.74, 6) is 1.68. The quantitative estimate of drug-likeness (QED) is 0.815. The van der Waals surface area contributed by atoms with Crippen LogP contribution in [0.25, 0.3) is 0 Å². The van der Waals surface area contributed by atoms with Gasteiger partial charge < -0.3 is 10.2 Å². The van der Waals surface area contributed by atoms with Crippen LogP contribution < -0.4 is 10.2 Å². The Morgan fingerprint density at radius 1 is 1.39 bits per heavy atom. The van der Waals surface area contributed by atoms with Crippen molar-refractivity contribution in [3.8, 4) is 0 Å². The molecule has 7 heteroatoms. The van der Waals surface area contributed by atoms with Gasteiger partial charge in [0.1, 0.15) is 27.8 Å². The number of nitrogens with one attached hydrogen (secondary N) is 1. The van der Waals surface area contributed by atoms with Gasteiger partial charge in [-0.25, -0.2) is 18.4 Å². The lowest BCUT2D eigenvalue weighted by Crippen LogP contribution is -2.27. The Kier molecular flexibility index (Phi) is 4.89. The molecule has 0 atom stereocenters. The first-order valence-electron chi connectivity index (χ1n) is 5.79. The second-order valence-electron chi connectivity index (χ2n) is 4.18. The molecule has 1 aromatic heterocycles. The normalized spacial score (nSPS) is 11.3. The van der Waals surface area contributed by atoms with E-state index in [1.54, 1.807) is 0 Å². The van der Waals surface area contributed by atoms with Crippen molar-refractivity contribution >= 4 is 21.5 Å². The molecule has 0 bridgehead atoms. The molecule has 18 heavy (non-hydrogen) atoms. The van der Waals surface area contributed by atoms with Crippen LogP contribution in [0.2, 0.25) is 0 Å². The maximum atomic E-state index is 11.2. The summed E-state index contributed by atoms with van der Waals surface area (Å²) < 4.78 is 22.3. The zero-order chi connectivity index (χ0) is 13.8. The molecule has 0 amide bonds. The van der Waals surface area contributed by atoms with Crippen LogP contribution in [0.3, 0.4) is 0 Å². The van der Waals surface area contributed by atoms with Crippen molar-refractivity contribution in [2.75, 3.05) is 42.9 Å². The average Bonchev–Trinajstić information content (AvgIpc) is 2.33. The fourth-order valence-corrected chi connectivity index (χ4v) is 2.29. The Labute approximate surface area is 108 Å². The molecule has 0 aliphatic rings. The highest BCUT2D eigenvalue weighted by atomic mass is 32.2. The van der Waals surface area contributed by atoms with E-state index in [1.807, 2.05) is 25.9 Å². The van der Waals surface area contributed by atoms with Crippen LogP contribution in [-0.4, -0.2) is 51.0 Å². The summed E-state index contributed by atoms with van der Waals surface area (Å²) in [6.07, 6.45) is 3.51. The van der Waals surface area contributed by atoms with Gasteiger partial charge in [-0.3, -0.25) is 0 Å². The zero-order valence-electron chi connectivity index (χ0n) is 11.3. The summed E-state index contributed by atoms with van der Waals surface area (Å²) in [5.41, 5.74) is 0.996. The highest BCUT2D eigenvalue weighted by molar-refractivity contribution is 7.90. The molecular formula is C11H20N4O2S. The van der Waals surface area contributed by atoms with E-state index in [2.05, 4.69) is 15.3 Å². The SMILES string of the molecule is CCc1c(NC)ncnc1N(C)CCS(C)(=O)=O. The maximum Gasteiger partial charge on any atom is 0.149 e. The van der Waals surface area contributed by atoms with Crippen molar-refractivity contribution in [1.82, 2.24) is 9.97 Å². The van der Waals surface area contributed by atoms with Crippen LogP contribution in [0.5, 0.6) is 0 Å². The van der Waals surface area contributed by atoms with Gasteiger partial charge in [0.05, 0.1) is 5.75 Å². The van der Waals surface area contributed by atoms with Gasteiger partial charge in [-0.05, 0) is 6.42 Å². The maximum absolute atomic E-state index is 11.2. The van der Waals surface area contributed by atoms with E-state index in [-0.39, 0.29) is 5.75 Å². The number of sulfone groups is 1. The van der Waals surface area contributed by atoms with E-state index in [4.69, 9.17) is 0 Å². The van der Waals surface area contributed by atoms with Crippen LogP contribution in [0.1, 0.15) is 12.5 Å². The first-order valence-corrected chi connectivity index (χ1v) is 7.85. The van der Waals surface area contributed by atoms with Gasteiger partial charge in [-0.1, -0.05) is 6.92 Å². The van der Waals surface area contributed by atoms with Crippen molar-refractivity contribution < 1.29 is 8.42 Å². The minimum Gasteiger partial charge on any atom is -0.373 e. The lowest BCUT2D eigenvalue weighted by atomic mass is 10.2. The Morgan fingerprint density at radius 2 is 2.06 bits per heavy atom. The number of nitrogens with zero attached hydrogens (tertiary/aromatic N) is 3. The Balaban J connectivity index is 2.94. The first-order chi connectivity index (χ1) is 8.39. The molecule has 1 heterocycles. The topological polar surface area (TPSA) is 75.2 Å². The second kappa shape index (κ2) is 5.99. The number of hydrogen-bond acceptors (Lipinski definition) is 6. The van der Waals surface area contributed by atoms with Crippen molar-refractivity contribution in [2.24, 2.45) is 0 Å². The van der Waals surface area contributed by atoms with Crippen LogP contribution >= 0.6 is 0 Å². The summed E-state index contributed by atoms with van der Waals surface area (Å²) in [4.78, 5) is 10.2. The minimum absolute atomic E-state index is 0.117. The third-order valence-electron chi connectivity index (χ3n) is 2.67. The summed E-state index contributed by atoms with van der Waals surface area (Å²) in [6.45, 7) is 2.44. The fraction of sp³-hybridized carbons (Fsp3) is 0.636. The molecule has 0 aromatic carbocycles. The van der Waals surface area contributed by atoms with Gasteiger partial charge in [0.15, 0.2) is 0 Å². The molecule has 0 aliphatic heterocycles. The van der Waals surface area contributed by atoms with Gasteiger partial charge in [0, 0.05) is 32.5 Å². The molecule has 0 saturated heterocycles. The van der Waals surface area contributed by atoms with Crippen molar-refractivity contribution in [3.05, 3.63) is 11.9 Å². The molecule has 0 unspecified atom stereocenters. The van der Waals surface area contributed by atoms with Crippen LogP contribution in [0.4, 0.5) is 11.6 Å². The van der Waals surface area contributed by atoms with Gasteiger partial charge >= 0.3 is 0 Å². The van der Waals surface area contributed by atoms with Crippen molar-refractivity contribution in [2.45, 2.75) is 13.3 Å². The predicted octanol–water partition coefficient (Wildman–Crippen LogP) is 0.561. The minimum atomic E-state index is -2.96. The van der Waals surface area contributed by atoms with E-state index in [0.29, 0.717) is 6.54 Å². The van der Waals surface area contributed by atoms with Crippen LogP contribution in [0, 0.1) is 0 Å². The van der Waals surface area contributed by atoms with E-state index in [1.165, 1.54) is 12.6 Å². The smallest absolute Gasteiger partial charge is 0.149 e. The lowest BCUT2D eigenvalue weighted by Gasteiger charge is -2.21. The molecule has 0 saturated carbocycles. The Morgan fingerprint density at radius 3 is 2.56 bits per heavy atom. The van der Waals surface area contributed by atoms with Crippen molar-refractivity contribution in [3.63, 3.8) is 0 Å². The molecule has 0 fully saturated rings.